The SMILES string of the molecule is CC/C=C/C=C/C=C\CCCCCCCC(=O)NC(COP(=O)(O)OCC[N+](C)(C)C)C(/C=C/CCCCCCCCCCCCC)OC(=O)CCCCCCCCC/C=C/C/C=C/CC. The fraction of sp³-hybridized carbons (Fsp3) is 0.750. The van der Waals surface area contributed by atoms with E-state index in [2.05, 4.69) is 80.8 Å². The van der Waals surface area contributed by atoms with Crippen molar-refractivity contribution >= 4 is 19.7 Å². The number of esters is 1. The number of likely N-dealkylation sites (N-methyl/N-ethyl adjacent to an activating group) is 1. The van der Waals surface area contributed by atoms with Crippen LogP contribution in [-0.4, -0.2) is 74.3 Å². The number of quaternary nitrogens is 1. The van der Waals surface area contributed by atoms with Crippen LogP contribution < -0.4 is 5.32 Å². The molecule has 0 aromatic heterocycles. The third-order valence-corrected chi connectivity index (χ3v) is 12.4. The van der Waals surface area contributed by atoms with Crippen LogP contribution in [0.2, 0.25) is 0 Å². The number of amides is 1. The van der Waals surface area contributed by atoms with E-state index in [0.29, 0.717) is 17.4 Å². The molecule has 0 aliphatic rings. The van der Waals surface area contributed by atoms with Gasteiger partial charge in [-0.3, -0.25) is 18.6 Å². The van der Waals surface area contributed by atoms with Gasteiger partial charge in [0, 0.05) is 12.8 Å². The van der Waals surface area contributed by atoms with Gasteiger partial charge in [0.2, 0.25) is 5.91 Å². The minimum Gasteiger partial charge on any atom is -0.456 e. The van der Waals surface area contributed by atoms with E-state index in [0.717, 1.165) is 109 Å². The van der Waals surface area contributed by atoms with Gasteiger partial charge in [-0.05, 0) is 76.7 Å². The standard InChI is InChI=1S/C56H101N2O7P/c1-7-10-13-16-19-22-25-28-31-34-37-40-43-46-49-56(60)65-54(47-44-41-38-35-32-29-26-23-20-17-14-11-8-2)53(52-64-66(61,62)63-51-50-58(4,5)6)57-55(59)48-45-42-39-36-33-30-27-24-21-18-15-12-9-3/h10,12-13,15,18-19,21-22,24,27,44,47,53-54H,7-9,11,14,16-17,20,23,25-26,28-43,45-46,48-52H2,1-6H3,(H-,57,59,61,62)/p+1/b13-10+,15-12+,21-18+,22-19+,27-24-,47-44+. The summed E-state index contributed by atoms with van der Waals surface area (Å²) < 4.78 is 30.5. The number of phosphoric acid groups is 1. The molecule has 1 amide bonds. The van der Waals surface area contributed by atoms with Gasteiger partial charge in [0.05, 0.1) is 33.8 Å². The first-order valence-electron chi connectivity index (χ1n) is 26.8. The lowest BCUT2D eigenvalue weighted by atomic mass is 10.0. The molecule has 0 fully saturated rings. The summed E-state index contributed by atoms with van der Waals surface area (Å²) in [6.07, 6.45) is 57.5. The van der Waals surface area contributed by atoms with Gasteiger partial charge in [0.1, 0.15) is 19.3 Å². The number of carbonyl (C=O) groups is 2. The molecule has 3 unspecified atom stereocenters. The Bertz CT molecular complexity index is 1370. The van der Waals surface area contributed by atoms with Crippen molar-refractivity contribution in [1.29, 1.82) is 0 Å². The molecule has 9 nitrogen and oxygen atoms in total. The minimum absolute atomic E-state index is 0.0318. The predicted molar refractivity (Wildman–Crippen MR) is 281 cm³/mol. The van der Waals surface area contributed by atoms with Crippen molar-refractivity contribution in [3.63, 3.8) is 0 Å². The Kier molecular flexibility index (Phi) is 44.4. The average molecular weight is 946 g/mol. The zero-order valence-electron chi connectivity index (χ0n) is 43.4. The molecule has 2 N–H and O–H groups in total. The zero-order chi connectivity index (χ0) is 48.7. The molecular formula is C56H102N2O7P+. The number of phosphoric ester groups is 1. The van der Waals surface area contributed by atoms with Crippen molar-refractivity contribution in [3.05, 3.63) is 72.9 Å². The third kappa shape index (κ3) is 46.6. The predicted octanol–water partition coefficient (Wildman–Crippen LogP) is 15.7. The molecular weight excluding hydrogens is 844 g/mol. The molecule has 0 spiro atoms. The van der Waals surface area contributed by atoms with E-state index in [1.165, 1.54) is 77.0 Å². The molecule has 0 heterocycles. The number of unbranched alkanes of at least 4 members (excludes halogenated alkanes) is 23. The summed E-state index contributed by atoms with van der Waals surface area (Å²) in [5.74, 6) is -0.543. The number of hydrogen-bond acceptors (Lipinski definition) is 6. The normalized spacial score (nSPS) is 14.5. The first-order valence-corrected chi connectivity index (χ1v) is 28.3. The Balaban J connectivity index is 5.47. The van der Waals surface area contributed by atoms with Crippen molar-refractivity contribution < 1.29 is 37.3 Å². The number of carbonyl (C=O) groups excluding carboxylic acids is 2. The van der Waals surface area contributed by atoms with Crippen LogP contribution in [0.1, 0.15) is 220 Å². The van der Waals surface area contributed by atoms with Gasteiger partial charge in [-0.25, -0.2) is 4.57 Å². The lowest BCUT2D eigenvalue weighted by Crippen LogP contribution is -2.47. The smallest absolute Gasteiger partial charge is 0.456 e. The Labute approximate surface area is 406 Å². The summed E-state index contributed by atoms with van der Waals surface area (Å²) in [7, 11) is 1.47. The molecule has 0 aromatic rings. The van der Waals surface area contributed by atoms with Gasteiger partial charge in [0.25, 0.3) is 0 Å². The van der Waals surface area contributed by atoms with Crippen LogP contribution in [0.25, 0.3) is 0 Å². The van der Waals surface area contributed by atoms with Crippen molar-refractivity contribution in [1.82, 2.24) is 5.32 Å². The van der Waals surface area contributed by atoms with Crippen LogP contribution in [0.15, 0.2) is 72.9 Å². The maximum atomic E-state index is 13.4. The topological polar surface area (TPSA) is 111 Å². The molecule has 0 aliphatic carbocycles. The Morgan fingerprint density at radius 1 is 0.561 bits per heavy atom. The van der Waals surface area contributed by atoms with E-state index in [1.54, 1.807) is 0 Å². The summed E-state index contributed by atoms with van der Waals surface area (Å²) in [6, 6.07) is -0.863. The highest BCUT2D eigenvalue weighted by Gasteiger charge is 2.30. The third-order valence-electron chi connectivity index (χ3n) is 11.5. The highest BCUT2D eigenvalue weighted by atomic mass is 31.2. The Morgan fingerprint density at radius 2 is 1.05 bits per heavy atom. The number of rotatable bonds is 47. The molecule has 0 radical (unpaired) electrons. The van der Waals surface area contributed by atoms with Crippen LogP contribution in [0.4, 0.5) is 0 Å². The first kappa shape index (κ1) is 63.5. The average Bonchev–Trinajstić information content (AvgIpc) is 3.27. The van der Waals surface area contributed by atoms with E-state index in [9.17, 15) is 19.0 Å². The molecule has 0 aromatic carbocycles. The fourth-order valence-corrected chi connectivity index (χ4v) is 8.07. The summed E-state index contributed by atoms with van der Waals surface area (Å²) in [6.45, 7) is 6.73. The van der Waals surface area contributed by atoms with Crippen molar-refractivity contribution in [3.8, 4) is 0 Å². The number of hydrogen-bond donors (Lipinski definition) is 2. The summed E-state index contributed by atoms with van der Waals surface area (Å²) in [5, 5.41) is 3.02. The fourth-order valence-electron chi connectivity index (χ4n) is 7.33. The minimum atomic E-state index is -4.45. The molecule has 0 rings (SSSR count). The van der Waals surface area contributed by atoms with E-state index >= 15 is 0 Å². The highest BCUT2D eigenvalue weighted by Crippen LogP contribution is 2.43. The van der Waals surface area contributed by atoms with Crippen LogP contribution in [0.3, 0.4) is 0 Å². The molecule has 3 atom stereocenters. The molecule has 10 heteroatoms. The van der Waals surface area contributed by atoms with Crippen LogP contribution in [0.5, 0.6) is 0 Å². The van der Waals surface area contributed by atoms with E-state index in [4.69, 9.17) is 13.8 Å². The molecule has 0 saturated carbocycles. The van der Waals surface area contributed by atoms with Gasteiger partial charge >= 0.3 is 13.8 Å². The lowest BCUT2D eigenvalue weighted by Gasteiger charge is -2.27. The van der Waals surface area contributed by atoms with Gasteiger partial charge in [-0.2, -0.15) is 0 Å². The van der Waals surface area contributed by atoms with Crippen molar-refractivity contribution in [2.45, 2.75) is 232 Å². The number of nitrogens with one attached hydrogen (secondary N) is 1. The van der Waals surface area contributed by atoms with Gasteiger partial charge < -0.3 is 19.4 Å². The van der Waals surface area contributed by atoms with Crippen LogP contribution in [-0.2, 0) is 27.9 Å². The highest BCUT2D eigenvalue weighted by molar-refractivity contribution is 7.47. The summed E-state index contributed by atoms with van der Waals surface area (Å²) >= 11 is 0. The largest absolute Gasteiger partial charge is 0.472 e. The number of ether oxygens (including phenoxy) is 1. The second-order valence-electron chi connectivity index (χ2n) is 19.0. The molecule has 0 bridgehead atoms. The van der Waals surface area contributed by atoms with Gasteiger partial charge in [0.15, 0.2) is 0 Å². The monoisotopic (exact) mass is 946 g/mol. The lowest BCUT2D eigenvalue weighted by molar-refractivity contribution is -0.870. The molecule has 382 valence electrons. The quantitative estimate of drug-likeness (QED) is 0.0156. The Hall–Kier alpha value is -2.55. The second-order valence-corrected chi connectivity index (χ2v) is 20.5. The van der Waals surface area contributed by atoms with Gasteiger partial charge in [-0.15, -0.1) is 0 Å². The first-order chi connectivity index (χ1) is 31.9. The van der Waals surface area contributed by atoms with Gasteiger partial charge in [-0.1, -0.05) is 203 Å². The number of allylic oxidation sites excluding steroid dienone is 11. The van der Waals surface area contributed by atoms with Crippen LogP contribution in [0, 0.1) is 0 Å². The van der Waals surface area contributed by atoms with Crippen LogP contribution >= 0.6 is 7.82 Å². The Morgan fingerprint density at radius 3 is 1.61 bits per heavy atom. The zero-order valence-corrected chi connectivity index (χ0v) is 44.3. The van der Waals surface area contributed by atoms with E-state index in [-0.39, 0.29) is 31.5 Å². The molecule has 0 aliphatic heterocycles. The molecule has 66 heavy (non-hydrogen) atoms. The second kappa shape index (κ2) is 46.2. The van der Waals surface area contributed by atoms with E-state index in [1.807, 2.05) is 39.4 Å². The summed E-state index contributed by atoms with van der Waals surface area (Å²) in [4.78, 5) is 37.5. The summed E-state index contributed by atoms with van der Waals surface area (Å²) in [5.41, 5.74) is 0. The van der Waals surface area contributed by atoms with Crippen molar-refractivity contribution in [2.75, 3.05) is 40.9 Å². The molecule has 0 saturated heterocycles. The number of nitrogens with zero attached hydrogens (tertiary/aromatic N) is 1. The maximum Gasteiger partial charge on any atom is 0.472 e. The van der Waals surface area contributed by atoms with Crippen molar-refractivity contribution in [2.24, 2.45) is 0 Å². The maximum absolute atomic E-state index is 13.4. The van der Waals surface area contributed by atoms with E-state index < -0.39 is 20.0 Å².